The van der Waals surface area contributed by atoms with Crippen molar-refractivity contribution in [1.29, 1.82) is 0 Å². The molecule has 0 heterocycles. The van der Waals surface area contributed by atoms with Crippen LogP contribution >= 0.6 is 0 Å². The summed E-state index contributed by atoms with van der Waals surface area (Å²) in [7, 11) is 0. The summed E-state index contributed by atoms with van der Waals surface area (Å²) in [5, 5.41) is 0. The van der Waals surface area contributed by atoms with Gasteiger partial charge >= 0.3 is 0 Å². The van der Waals surface area contributed by atoms with Crippen molar-refractivity contribution in [2.24, 2.45) is 5.73 Å². The third-order valence-electron chi connectivity index (χ3n) is 1.33. The first kappa shape index (κ1) is 7.29. The molecule has 0 saturated carbocycles. The van der Waals surface area contributed by atoms with E-state index in [1.54, 1.807) is 0 Å². The van der Waals surface area contributed by atoms with E-state index >= 15 is 0 Å². The van der Waals surface area contributed by atoms with Crippen LogP contribution in [0.2, 0.25) is 0 Å². The van der Waals surface area contributed by atoms with Crippen LogP contribution in [-0.2, 0) is 6.42 Å². The fourth-order valence-corrected chi connectivity index (χ4v) is 0.918. The maximum absolute atomic E-state index is 5.54. The van der Waals surface area contributed by atoms with Crippen LogP contribution in [0.5, 0.6) is 0 Å². The smallest absolute Gasteiger partial charge is 0.0349 e. The Labute approximate surface area is 61.9 Å². The maximum Gasteiger partial charge on any atom is 0.0349 e. The Balaban J connectivity index is 2.59. The second-order valence-corrected chi connectivity index (χ2v) is 2.51. The summed E-state index contributed by atoms with van der Waals surface area (Å²) in [6, 6.07) is 11.2. The molecule has 10 heavy (non-hydrogen) atoms. The molecule has 1 nitrogen and oxygen atoms in total. The quantitative estimate of drug-likeness (QED) is 0.655. The monoisotopic (exact) mass is 134 g/mol. The van der Waals surface area contributed by atoms with Crippen LogP contribution in [0.3, 0.4) is 0 Å². The first-order valence-electron chi connectivity index (χ1n) is 3.41. The van der Waals surface area contributed by atoms with Gasteiger partial charge in [0.1, 0.15) is 0 Å². The summed E-state index contributed by atoms with van der Waals surface area (Å²) in [5.41, 5.74) is 6.82. The van der Waals surface area contributed by atoms with E-state index in [0.717, 1.165) is 12.5 Å². The molecule has 2 N–H and O–H groups in total. The van der Waals surface area contributed by atoms with E-state index in [0.29, 0.717) is 0 Å². The second kappa shape index (κ2) is 3.37. The van der Waals surface area contributed by atoms with Gasteiger partial charge in [0.05, 0.1) is 0 Å². The van der Waals surface area contributed by atoms with Crippen LogP contribution < -0.4 is 5.73 Å². The van der Waals surface area contributed by atoms with Gasteiger partial charge in [-0.1, -0.05) is 30.3 Å². The van der Waals surface area contributed by atoms with Crippen molar-refractivity contribution in [3.8, 4) is 0 Å². The Morgan fingerprint density at radius 3 is 2.40 bits per heavy atom. The number of hydrogen-bond acceptors (Lipinski definition) is 1. The molecule has 0 spiro atoms. The van der Waals surface area contributed by atoms with Crippen molar-refractivity contribution in [3.05, 3.63) is 41.9 Å². The molecule has 1 aromatic carbocycles. The minimum atomic E-state index is 0.890. The van der Waals surface area contributed by atoms with Crippen molar-refractivity contribution in [2.45, 2.75) is 13.3 Å². The molecule has 0 saturated heterocycles. The summed E-state index contributed by atoms with van der Waals surface area (Å²) in [6.07, 6.45) is 0.890. The number of hydrogen-bond donors (Lipinski definition) is 1. The molecule has 0 aromatic heterocycles. The van der Waals surface area contributed by atoms with Gasteiger partial charge in [-0.25, -0.2) is 0 Å². The van der Waals surface area contributed by atoms with Gasteiger partial charge in [-0.3, -0.25) is 0 Å². The fourth-order valence-electron chi connectivity index (χ4n) is 0.918. The third-order valence-corrected chi connectivity index (χ3v) is 1.33. The van der Waals surface area contributed by atoms with Crippen molar-refractivity contribution in [2.75, 3.05) is 0 Å². The number of rotatable bonds is 2. The Bertz CT molecular complexity index is 179. The minimum Gasteiger partial charge on any atom is -0.323 e. The van der Waals surface area contributed by atoms with E-state index < -0.39 is 0 Å². The molecule has 0 unspecified atom stereocenters. The molecular weight excluding hydrogens is 122 g/mol. The first-order chi connectivity index (χ1) is 4.79. The lowest BCUT2D eigenvalue weighted by molar-refractivity contribution is 0.921. The molecule has 0 bridgehead atoms. The molecule has 0 fully saturated rings. The summed E-state index contributed by atoms with van der Waals surface area (Å²) in [6.45, 7) is 1.94. The molecule has 1 aromatic rings. The van der Waals surface area contributed by atoms with Crippen molar-refractivity contribution in [3.63, 3.8) is 0 Å². The highest BCUT2D eigenvalue weighted by Gasteiger charge is 1.95. The van der Waals surface area contributed by atoms with Gasteiger partial charge in [0, 0.05) is 6.04 Å². The van der Waals surface area contributed by atoms with Crippen LogP contribution in [0.15, 0.2) is 30.3 Å². The van der Waals surface area contributed by atoms with E-state index in [1.165, 1.54) is 5.56 Å². The van der Waals surface area contributed by atoms with Gasteiger partial charge in [-0.2, -0.15) is 0 Å². The topological polar surface area (TPSA) is 26.0 Å². The Morgan fingerprint density at radius 1 is 1.30 bits per heavy atom. The zero-order chi connectivity index (χ0) is 7.40. The summed E-state index contributed by atoms with van der Waals surface area (Å²) in [5.74, 6) is 0. The molecule has 0 aliphatic rings. The van der Waals surface area contributed by atoms with Gasteiger partial charge < -0.3 is 5.73 Å². The lowest BCUT2D eigenvalue weighted by atomic mass is 10.1. The molecule has 0 amide bonds. The predicted octanol–water partition coefficient (Wildman–Crippen LogP) is 1.74. The third kappa shape index (κ3) is 2.19. The van der Waals surface area contributed by atoms with E-state index in [-0.39, 0.29) is 0 Å². The van der Waals surface area contributed by atoms with Crippen molar-refractivity contribution >= 4 is 0 Å². The standard InChI is InChI=1S/C9H12N/c1-8(10)7-9-5-3-2-4-6-9/h2-6H,7,10H2,1H3. The highest BCUT2D eigenvalue weighted by atomic mass is 14.6. The highest BCUT2D eigenvalue weighted by molar-refractivity contribution is 5.17. The van der Waals surface area contributed by atoms with Crippen molar-refractivity contribution < 1.29 is 0 Å². The van der Waals surface area contributed by atoms with E-state index in [2.05, 4.69) is 12.1 Å². The minimum absolute atomic E-state index is 0.890. The van der Waals surface area contributed by atoms with Crippen molar-refractivity contribution in [1.82, 2.24) is 0 Å². The first-order valence-corrected chi connectivity index (χ1v) is 3.41. The molecule has 0 aliphatic carbocycles. The SMILES string of the molecule is C[C](N)Cc1ccccc1. The number of nitrogens with two attached hydrogens (primary N) is 1. The van der Waals surface area contributed by atoms with Crippen LogP contribution in [0.4, 0.5) is 0 Å². The molecule has 1 radical (unpaired) electrons. The lowest BCUT2D eigenvalue weighted by Gasteiger charge is -2.02. The van der Waals surface area contributed by atoms with Crippen LogP contribution in [0.25, 0.3) is 0 Å². The zero-order valence-electron chi connectivity index (χ0n) is 6.17. The van der Waals surface area contributed by atoms with E-state index in [9.17, 15) is 0 Å². The normalized spacial score (nSPS) is 10.3. The molecule has 0 atom stereocenters. The molecular formula is C9H12N. The summed E-state index contributed by atoms with van der Waals surface area (Å²) >= 11 is 0. The van der Waals surface area contributed by atoms with Gasteiger partial charge in [0.15, 0.2) is 0 Å². The van der Waals surface area contributed by atoms with Gasteiger partial charge in [-0.05, 0) is 18.9 Å². The summed E-state index contributed by atoms with van der Waals surface area (Å²) in [4.78, 5) is 0. The number of benzene rings is 1. The molecule has 0 aliphatic heterocycles. The summed E-state index contributed by atoms with van der Waals surface area (Å²) < 4.78 is 0. The van der Waals surface area contributed by atoms with Gasteiger partial charge in [0.2, 0.25) is 0 Å². The second-order valence-electron chi connectivity index (χ2n) is 2.51. The van der Waals surface area contributed by atoms with Gasteiger partial charge in [-0.15, -0.1) is 0 Å². The predicted molar refractivity (Wildman–Crippen MR) is 43.3 cm³/mol. The maximum atomic E-state index is 5.54. The zero-order valence-corrected chi connectivity index (χ0v) is 6.17. The van der Waals surface area contributed by atoms with Crippen LogP contribution in [0, 0.1) is 6.04 Å². The average Bonchev–Trinajstić information content (AvgIpc) is 1.88. The Morgan fingerprint density at radius 2 is 1.90 bits per heavy atom. The van der Waals surface area contributed by atoms with E-state index in [1.807, 2.05) is 25.1 Å². The molecule has 53 valence electrons. The van der Waals surface area contributed by atoms with E-state index in [4.69, 9.17) is 5.73 Å². The largest absolute Gasteiger partial charge is 0.323 e. The molecule has 1 heteroatoms. The van der Waals surface area contributed by atoms with Gasteiger partial charge in [0.25, 0.3) is 0 Å². The lowest BCUT2D eigenvalue weighted by Crippen LogP contribution is -2.07. The highest BCUT2D eigenvalue weighted by Crippen LogP contribution is 2.03. The Kier molecular flexibility index (Phi) is 2.46. The average molecular weight is 134 g/mol. The fraction of sp³-hybridized carbons (Fsp3) is 0.222. The van der Waals surface area contributed by atoms with Crippen LogP contribution in [-0.4, -0.2) is 0 Å². The van der Waals surface area contributed by atoms with Crippen LogP contribution in [0.1, 0.15) is 12.5 Å². The molecule has 1 rings (SSSR count). The Hall–Kier alpha value is -0.820.